The number of rotatable bonds is 7. The molecule has 0 radical (unpaired) electrons. The minimum absolute atomic E-state index is 0.289. The first-order valence-electron chi connectivity index (χ1n) is 7.55. The summed E-state index contributed by atoms with van der Waals surface area (Å²) in [5.41, 5.74) is 1.14. The Kier molecular flexibility index (Phi) is 6.48. The second kappa shape index (κ2) is 9.03. The van der Waals surface area contributed by atoms with Crippen molar-refractivity contribution in [3.8, 4) is 23.3 Å². The number of benzene rings is 2. The van der Waals surface area contributed by atoms with E-state index in [1.807, 2.05) is 6.07 Å². The lowest BCUT2D eigenvalue weighted by Gasteiger charge is -2.11. The van der Waals surface area contributed by atoms with Crippen LogP contribution in [0.4, 0.5) is 10.5 Å². The van der Waals surface area contributed by atoms with Gasteiger partial charge in [0.2, 0.25) is 0 Å². The summed E-state index contributed by atoms with van der Waals surface area (Å²) in [7, 11) is 3.13. The third-order valence-electron chi connectivity index (χ3n) is 3.25. The van der Waals surface area contributed by atoms with Crippen LogP contribution in [0.2, 0.25) is 0 Å². The number of carbonyl (C=O) groups excluding carboxylic acids is 1. The Balaban J connectivity index is 1.76. The van der Waals surface area contributed by atoms with Crippen LogP contribution in [0.25, 0.3) is 0 Å². The molecule has 2 rings (SSSR count). The van der Waals surface area contributed by atoms with Gasteiger partial charge in [-0.3, -0.25) is 0 Å². The van der Waals surface area contributed by atoms with E-state index in [2.05, 4.69) is 10.6 Å². The molecule has 0 aliphatic carbocycles. The average molecular weight is 341 g/mol. The van der Waals surface area contributed by atoms with E-state index in [1.165, 1.54) is 0 Å². The van der Waals surface area contributed by atoms with Crippen molar-refractivity contribution in [3.05, 3.63) is 48.0 Å². The third kappa shape index (κ3) is 5.62. The van der Waals surface area contributed by atoms with Crippen LogP contribution in [0.15, 0.2) is 42.5 Å². The fraction of sp³-hybridized carbons (Fsp3) is 0.222. The Hall–Kier alpha value is -3.40. The molecule has 0 saturated carbocycles. The molecule has 0 unspecified atom stereocenters. The lowest BCUT2D eigenvalue weighted by molar-refractivity contribution is 0.247. The number of methoxy groups -OCH3 is 2. The van der Waals surface area contributed by atoms with Crippen LogP contribution in [0, 0.1) is 11.3 Å². The maximum Gasteiger partial charge on any atom is 0.319 e. The summed E-state index contributed by atoms with van der Waals surface area (Å²) >= 11 is 0. The minimum Gasteiger partial charge on any atom is -0.496 e. The number of anilines is 1. The molecule has 0 bridgehead atoms. The van der Waals surface area contributed by atoms with E-state index in [4.69, 9.17) is 19.5 Å². The van der Waals surface area contributed by atoms with Crippen molar-refractivity contribution < 1.29 is 19.0 Å². The monoisotopic (exact) mass is 341 g/mol. The van der Waals surface area contributed by atoms with Gasteiger partial charge in [-0.05, 0) is 24.3 Å². The van der Waals surface area contributed by atoms with Gasteiger partial charge in [-0.1, -0.05) is 0 Å². The summed E-state index contributed by atoms with van der Waals surface area (Å²) < 4.78 is 15.9. The van der Waals surface area contributed by atoms with Gasteiger partial charge in [-0.25, -0.2) is 4.79 Å². The zero-order chi connectivity index (χ0) is 18.1. The number of nitrogens with one attached hydrogen (secondary N) is 2. The number of hydrogen-bond donors (Lipinski definition) is 2. The molecule has 0 aliphatic heterocycles. The summed E-state index contributed by atoms with van der Waals surface area (Å²) in [5.74, 6) is 1.84. The highest BCUT2D eigenvalue weighted by Crippen LogP contribution is 2.27. The van der Waals surface area contributed by atoms with Crippen LogP contribution in [0.1, 0.15) is 5.56 Å². The highest BCUT2D eigenvalue weighted by Gasteiger charge is 2.04. The molecular weight excluding hydrogens is 322 g/mol. The minimum atomic E-state index is -0.350. The molecule has 0 heterocycles. The van der Waals surface area contributed by atoms with Crippen LogP contribution < -0.4 is 24.8 Å². The smallest absolute Gasteiger partial charge is 0.319 e. The molecule has 0 fully saturated rings. The Morgan fingerprint density at radius 1 is 1.04 bits per heavy atom. The van der Waals surface area contributed by atoms with E-state index in [0.717, 1.165) is 0 Å². The van der Waals surface area contributed by atoms with Crippen LogP contribution in [-0.4, -0.2) is 33.4 Å². The van der Waals surface area contributed by atoms with Gasteiger partial charge in [0.05, 0.1) is 32.4 Å². The van der Waals surface area contributed by atoms with Crippen LogP contribution in [0.5, 0.6) is 17.2 Å². The quantitative estimate of drug-likeness (QED) is 0.756. The fourth-order valence-corrected chi connectivity index (χ4v) is 2.00. The number of nitrogens with zero attached hydrogens (tertiary/aromatic N) is 1. The highest BCUT2D eigenvalue weighted by atomic mass is 16.5. The molecule has 7 heteroatoms. The third-order valence-corrected chi connectivity index (χ3v) is 3.25. The largest absolute Gasteiger partial charge is 0.496 e. The lowest BCUT2D eigenvalue weighted by atomic mass is 10.2. The van der Waals surface area contributed by atoms with E-state index in [-0.39, 0.29) is 12.6 Å². The average Bonchev–Trinajstić information content (AvgIpc) is 2.65. The number of nitriles is 1. The molecule has 0 aliphatic rings. The van der Waals surface area contributed by atoms with Crippen molar-refractivity contribution >= 4 is 11.7 Å². The molecule has 2 amide bonds. The Labute approximate surface area is 146 Å². The van der Waals surface area contributed by atoms with Crippen molar-refractivity contribution in [2.75, 3.05) is 32.7 Å². The predicted molar refractivity (Wildman–Crippen MR) is 93.2 cm³/mol. The standard InChI is InChI=1S/C18H19N3O4/c1-23-15-9-16(24-2)11-17(10-15)25-8-7-20-18(22)21-14-5-3-13(12-19)4-6-14/h3-6,9-11H,7-8H2,1-2H3,(H2,20,21,22). The number of ether oxygens (including phenoxy) is 3. The summed E-state index contributed by atoms with van der Waals surface area (Å²) in [6, 6.07) is 13.5. The van der Waals surface area contributed by atoms with E-state index < -0.39 is 0 Å². The second-order valence-corrected chi connectivity index (χ2v) is 4.97. The van der Waals surface area contributed by atoms with Crippen molar-refractivity contribution in [2.45, 2.75) is 0 Å². The fourth-order valence-electron chi connectivity index (χ4n) is 2.00. The first kappa shape index (κ1) is 17.9. The first-order valence-corrected chi connectivity index (χ1v) is 7.55. The maximum absolute atomic E-state index is 11.8. The molecule has 2 aromatic rings. The number of urea groups is 1. The molecule has 25 heavy (non-hydrogen) atoms. The first-order chi connectivity index (χ1) is 12.1. The van der Waals surface area contributed by atoms with Gasteiger partial charge in [0, 0.05) is 23.9 Å². The number of amides is 2. The molecular formula is C18H19N3O4. The normalized spacial score (nSPS) is 9.64. The number of hydrogen-bond acceptors (Lipinski definition) is 5. The second-order valence-electron chi connectivity index (χ2n) is 4.97. The zero-order valence-corrected chi connectivity index (χ0v) is 14.0. The molecule has 130 valence electrons. The summed E-state index contributed by atoms with van der Waals surface area (Å²) in [5, 5.41) is 14.1. The molecule has 2 aromatic carbocycles. The van der Waals surface area contributed by atoms with E-state index in [9.17, 15) is 4.79 Å². The molecule has 7 nitrogen and oxygen atoms in total. The Morgan fingerprint density at radius 2 is 1.64 bits per heavy atom. The SMILES string of the molecule is COc1cc(OC)cc(OCCNC(=O)Nc2ccc(C#N)cc2)c1. The van der Waals surface area contributed by atoms with Gasteiger partial charge in [-0.2, -0.15) is 5.26 Å². The van der Waals surface area contributed by atoms with Gasteiger partial charge in [-0.15, -0.1) is 0 Å². The van der Waals surface area contributed by atoms with Gasteiger partial charge in [0.1, 0.15) is 23.9 Å². The molecule has 0 aromatic heterocycles. The molecule has 0 atom stereocenters. The van der Waals surface area contributed by atoms with E-state index in [0.29, 0.717) is 35.0 Å². The molecule has 0 saturated heterocycles. The topological polar surface area (TPSA) is 92.6 Å². The van der Waals surface area contributed by atoms with Gasteiger partial charge in [0.15, 0.2) is 0 Å². The Bertz CT molecular complexity index is 732. The van der Waals surface area contributed by atoms with Gasteiger partial charge in [0.25, 0.3) is 0 Å². The van der Waals surface area contributed by atoms with Crippen molar-refractivity contribution in [1.29, 1.82) is 5.26 Å². The van der Waals surface area contributed by atoms with Crippen LogP contribution >= 0.6 is 0 Å². The molecule has 0 spiro atoms. The Morgan fingerprint density at radius 3 is 2.20 bits per heavy atom. The maximum atomic E-state index is 11.8. The van der Waals surface area contributed by atoms with E-state index >= 15 is 0 Å². The van der Waals surface area contributed by atoms with Crippen molar-refractivity contribution in [2.24, 2.45) is 0 Å². The zero-order valence-electron chi connectivity index (χ0n) is 14.0. The van der Waals surface area contributed by atoms with Crippen molar-refractivity contribution in [1.82, 2.24) is 5.32 Å². The van der Waals surface area contributed by atoms with Gasteiger partial charge >= 0.3 is 6.03 Å². The molecule has 2 N–H and O–H groups in total. The summed E-state index contributed by atoms with van der Waals surface area (Å²) in [6.07, 6.45) is 0. The van der Waals surface area contributed by atoms with Gasteiger partial charge < -0.3 is 24.8 Å². The lowest BCUT2D eigenvalue weighted by Crippen LogP contribution is -2.32. The summed E-state index contributed by atoms with van der Waals surface area (Å²) in [6.45, 7) is 0.610. The summed E-state index contributed by atoms with van der Waals surface area (Å²) in [4.78, 5) is 11.8. The number of carbonyl (C=O) groups is 1. The predicted octanol–water partition coefficient (Wildman–Crippen LogP) is 2.78. The van der Waals surface area contributed by atoms with E-state index in [1.54, 1.807) is 56.7 Å². The van der Waals surface area contributed by atoms with Crippen LogP contribution in [-0.2, 0) is 0 Å². The highest BCUT2D eigenvalue weighted by molar-refractivity contribution is 5.89. The van der Waals surface area contributed by atoms with Crippen molar-refractivity contribution in [3.63, 3.8) is 0 Å². The van der Waals surface area contributed by atoms with Crippen LogP contribution in [0.3, 0.4) is 0 Å².